The van der Waals surface area contributed by atoms with Crippen LogP contribution in [0.4, 0.5) is 0 Å². The Morgan fingerprint density at radius 1 is 1.09 bits per heavy atom. The summed E-state index contributed by atoms with van der Waals surface area (Å²) < 4.78 is 0. The molecule has 0 aliphatic carbocycles. The molecule has 3 aromatic rings. The smallest absolute Gasteiger partial charge is 0.222 e. The van der Waals surface area contributed by atoms with Gasteiger partial charge in [-0.2, -0.15) is 0 Å². The van der Waals surface area contributed by atoms with Gasteiger partial charge in [-0.15, -0.1) is 11.8 Å². The number of nitrogens with one attached hydrogen (secondary N) is 1. The molecular formula is C25H28N4O2S. The number of carbonyl (C=O) groups is 2. The largest absolute Gasteiger partial charge is 0.350 e. The molecular weight excluding hydrogens is 420 g/mol. The summed E-state index contributed by atoms with van der Waals surface area (Å²) in [5.41, 5.74) is 3.52. The zero-order valence-corrected chi connectivity index (χ0v) is 19.3. The minimum Gasteiger partial charge on any atom is -0.350 e. The van der Waals surface area contributed by atoms with Gasteiger partial charge in [0.15, 0.2) is 0 Å². The molecule has 0 spiro atoms. The molecule has 6 nitrogen and oxygen atoms in total. The van der Waals surface area contributed by atoms with Crippen LogP contribution in [0.2, 0.25) is 0 Å². The van der Waals surface area contributed by atoms with E-state index < -0.39 is 0 Å². The van der Waals surface area contributed by atoms with Crippen LogP contribution < -0.4 is 5.32 Å². The van der Waals surface area contributed by atoms with Crippen molar-refractivity contribution >= 4 is 34.6 Å². The van der Waals surface area contributed by atoms with Crippen molar-refractivity contribution in [1.29, 1.82) is 0 Å². The van der Waals surface area contributed by atoms with Crippen LogP contribution in [0, 0.1) is 0 Å². The monoisotopic (exact) mass is 448 g/mol. The average Bonchev–Trinajstić information content (AvgIpc) is 3.18. The van der Waals surface area contributed by atoms with Crippen LogP contribution in [-0.2, 0) is 22.6 Å². The van der Waals surface area contributed by atoms with Gasteiger partial charge in [0.1, 0.15) is 0 Å². The van der Waals surface area contributed by atoms with Crippen LogP contribution in [-0.4, -0.2) is 45.5 Å². The molecule has 1 aliphatic rings. The lowest BCUT2D eigenvalue weighted by Gasteiger charge is -2.30. The van der Waals surface area contributed by atoms with E-state index in [2.05, 4.69) is 45.8 Å². The zero-order valence-electron chi connectivity index (χ0n) is 18.5. The maximum absolute atomic E-state index is 12.9. The molecule has 2 amide bonds. The molecule has 0 saturated carbocycles. The molecule has 0 radical (unpaired) electrons. The van der Waals surface area contributed by atoms with Gasteiger partial charge in [-0.05, 0) is 60.9 Å². The molecule has 1 unspecified atom stereocenters. The van der Waals surface area contributed by atoms with Crippen molar-refractivity contribution in [3.8, 4) is 0 Å². The summed E-state index contributed by atoms with van der Waals surface area (Å²) in [5, 5.41) is 3.18. The Kier molecular flexibility index (Phi) is 6.74. The summed E-state index contributed by atoms with van der Waals surface area (Å²) in [4.78, 5) is 36.6. The van der Waals surface area contributed by atoms with E-state index in [1.165, 1.54) is 10.5 Å². The topological polar surface area (TPSA) is 75.2 Å². The van der Waals surface area contributed by atoms with Gasteiger partial charge in [-0.1, -0.05) is 18.2 Å². The lowest BCUT2D eigenvalue weighted by Crippen LogP contribution is -2.44. The molecule has 1 N–H and O–H groups in total. The standard InChI is InChI=1S/C25H28N4O2S/c1-29(17-19-5-8-21-22(15-19)27-14-13-26-21)24(31)10-12-25(11-9-23(30)28-25)16-18-3-6-20(32-2)7-4-18/h3-8,13-15H,9-12,16-17H2,1-2H3,(H,28,30). The maximum atomic E-state index is 12.9. The number of amides is 2. The number of rotatable bonds is 8. The van der Waals surface area contributed by atoms with Crippen LogP contribution in [0.1, 0.15) is 36.8 Å². The van der Waals surface area contributed by atoms with Crippen molar-refractivity contribution in [1.82, 2.24) is 20.2 Å². The molecule has 2 heterocycles. The Morgan fingerprint density at radius 2 is 1.81 bits per heavy atom. The number of hydrogen-bond donors (Lipinski definition) is 1. The summed E-state index contributed by atoms with van der Waals surface area (Å²) in [7, 11) is 1.82. The highest BCUT2D eigenvalue weighted by Gasteiger charge is 2.38. The molecule has 1 saturated heterocycles. The number of aromatic nitrogens is 2. The second-order valence-corrected chi connectivity index (χ2v) is 9.36. The molecule has 1 fully saturated rings. The molecule has 166 valence electrons. The van der Waals surface area contributed by atoms with E-state index in [-0.39, 0.29) is 17.4 Å². The van der Waals surface area contributed by atoms with Crippen LogP contribution in [0.3, 0.4) is 0 Å². The van der Waals surface area contributed by atoms with Crippen LogP contribution in [0.15, 0.2) is 59.8 Å². The first-order chi connectivity index (χ1) is 15.5. The number of hydrogen-bond acceptors (Lipinski definition) is 5. The third kappa shape index (κ3) is 5.27. The fraction of sp³-hybridized carbons (Fsp3) is 0.360. The first-order valence-corrected chi connectivity index (χ1v) is 12.1. The fourth-order valence-electron chi connectivity index (χ4n) is 4.32. The molecule has 1 atom stereocenters. The quantitative estimate of drug-likeness (QED) is 0.528. The SMILES string of the molecule is CSc1ccc(CC2(CCC(=O)N(C)Cc3ccc4nccnc4c3)CCC(=O)N2)cc1. The minimum absolute atomic E-state index is 0.0718. The molecule has 1 aliphatic heterocycles. The van der Waals surface area contributed by atoms with Crippen molar-refractivity contribution < 1.29 is 9.59 Å². The highest BCUT2D eigenvalue weighted by molar-refractivity contribution is 7.98. The highest BCUT2D eigenvalue weighted by atomic mass is 32.2. The van der Waals surface area contributed by atoms with Crippen molar-refractivity contribution in [3.05, 3.63) is 66.0 Å². The van der Waals surface area contributed by atoms with E-state index in [1.807, 2.05) is 25.2 Å². The van der Waals surface area contributed by atoms with Crippen molar-refractivity contribution in [2.45, 2.75) is 49.1 Å². The highest BCUT2D eigenvalue weighted by Crippen LogP contribution is 2.30. The lowest BCUT2D eigenvalue weighted by atomic mass is 9.85. The summed E-state index contributed by atoms with van der Waals surface area (Å²) in [6, 6.07) is 14.3. The van der Waals surface area contributed by atoms with Crippen molar-refractivity contribution in [2.75, 3.05) is 13.3 Å². The zero-order chi connectivity index (χ0) is 22.6. The molecule has 4 rings (SSSR count). The Morgan fingerprint density at radius 3 is 2.50 bits per heavy atom. The first kappa shape index (κ1) is 22.3. The third-order valence-corrected chi connectivity index (χ3v) is 6.88. The lowest BCUT2D eigenvalue weighted by molar-refractivity contribution is -0.131. The molecule has 32 heavy (non-hydrogen) atoms. The van der Waals surface area contributed by atoms with Crippen molar-refractivity contribution in [3.63, 3.8) is 0 Å². The summed E-state index contributed by atoms with van der Waals surface area (Å²) in [5.74, 6) is 0.145. The summed E-state index contributed by atoms with van der Waals surface area (Å²) in [6.45, 7) is 0.515. The Hall–Kier alpha value is -2.93. The van der Waals surface area contributed by atoms with E-state index >= 15 is 0 Å². The number of fused-ring (bicyclic) bond motifs is 1. The predicted molar refractivity (Wildman–Crippen MR) is 127 cm³/mol. The predicted octanol–water partition coefficient (Wildman–Crippen LogP) is 3.98. The van der Waals surface area contributed by atoms with Gasteiger partial charge in [-0.25, -0.2) is 0 Å². The van der Waals surface area contributed by atoms with E-state index in [4.69, 9.17) is 0 Å². The summed E-state index contributed by atoms with van der Waals surface area (Å²) in [6.07, 6.45) is 8.45. The van der Waals surface area contributed by atoms with Gasteiger partial charge in [0.05, 0.1) is 11.0 Å². The van der Waals surface area contributed by atoms with E-state index in [0.717, 1.165) is 29.4 Å². The number of nitrogens with zero attached hydrogens (tertiary/aromatic N) is 3. The molecule has 2 aromatic carbocycles. The number of carbonyl (C=O) groups excluding carboxylic acids is 2. The molecule has 1 aromatic heterocycles. The van der Waals surface area contributed by atoms with Gasteiger partial charge >= 0.3 is 0 Å². The van der Waals surface area contributed by atoms with Crippen LogP contribution in [0.5, 0.6) is 0 Å². The fourth-order valence-corrected chi connectivity index (χ4v) is 4.73. The third-order valence-electron chi connectivity index (χ3n) is 6.13. The van der Waals surface area contributed by atoms with Gasteiger partial charge in [0, 0.05) is 49.3 Å². The first-order valence-electron chi connectivity index (χ1n) is 10.8. The van der Waals surface area contributed by atoms with Crippen LogP contribution >= 0.6 is 11.8 Å². The number of thioether (sulfide) groups is 1. The van der Waals surface area contributed by atoms with Crippen molar-refractivity contribution in [2.24, 2.45) is 0 Å². The number of benzene rings is 2. The Bertz CT molecular complexity index is 1120. The average molecular weight is 449 g/mol. The van der Waals surface area contributed by atoms with E-state index in [9.17, 15) is 9.59 Å². The maximum Gasteiger partial charge on any atom is 0.222 e. The van der Waals surface area contributed by atoms with Crippen LogP contribution in [0.25, 0.3) is 11.0 Å². The van der Waals surface area contributed by atoms with Gasteiger partial charge in [0.25, 0.3) is 0 Å². The van der Waals surface area contributed by atoms with Gasteiger partial charge in [-0.3, -0.25) is 19.6 Å². The van der Waals surface area contributed by atoms with E-state index in [0.29, 0.717) is 25.8 Å². The molecule has 7 heteroatoms. The summed E-state index contributed by atoms with van der Waals surface area (Å²) >= 11 is 1.71. The van der Waals surface area contributed by atoms with Gasteiger partial charge < -0.3 is 10.2 Å². The van der Waals surface area contributed by atoms with E-state index in [1.54, 1.807) is 29.1 Å². The Balaban J connectivity index is 1.39. The minimum atomic E-state index is -0.354. The van der Waals surface area contributed by atoms with Gasteiger partial charge in [0.2, 0.25) is 11.8 Å². The molecule has 0 bridgehead atoms. The second-order valence-electron chi connectivity index (χ2n) is 8.48. The normalized spacial score (nSPS) is 18.0. The Labute approximate surface area is 192 Å². The second kappa shape index (κ2) is 9.69.